The summed E-state index contributed by atoms with van der Waals surface area (Å²) in [6.07, 6.45) is 2.42. The van der Waals surface area contributed by atoms with Gasteiger partial charge < -0.3 is 5.32 Å². The van der Waals surface area contributed by atoms with Crippen molar-refractivity contribution in [3.8, 4) is 0 Å². The van der Waals surface area contributed by atoms with Gasteiger partial charge >= 0.3 is 0 Å². The molecule has 6 heteroatoms. The molecule has 21 heavy (non-hydrogen) atoms. The van der Waals surface area contributed by atoms with Crippen molar-refractivity contribution in [1.29, 1.82) is 0 Å². The van der Waals surface area contributed by atoms with Gasteiger partial charge in [0, 0.05) is 11.9 Å². The lowest BCUT2D eigenvalue weighted by Gasteiger charge is -2.15. The fraction of sp³-hybridized carbons (Fsp3) is 0.400. The number of benzene rings is 1. The molecule has 112 valence electrons. The minimum Gasteiger partial charge on any atom is -0.347 e. The molecule has 0 aliphatic carbocycles. The molecule has 2 aromatic rings. The molecule has 0 aliphatic rings. The Morgan fingerprint density at radius 1 is 1.38 bits per heavy atom. The Morgan fingerprint density at radius 2 is 2.14 bits per heavy atom. The first kappa shape index (κ1) is 15.9. The lowest BCUT2D eigenvalue weighted by atomic mass is 10.1. The van der Waals surface area contributed by atoms with Crippen molar-refractivity contribution in [2.24, 2.45) is 0 Å². The number of hydrogen-bond donors (Lipinski definition) is 1. The predicted molar refractivity (Wildman–Crippen MR) is 86.0 cm³/mol. The van der Waals surface area contributed by atoms with Crippen molar-refractivity contribution in [2.75, 3.05) is 5.88 Å². The van der Waals surface area contributed by atoms with Crippen molar-refractivity contribution in [3.05, 3.63) is 46.5 Å². The zero-order valence-corrected chi connectivity index (χ0v) is 13.5. The highest BCUT2D eigenvalue weighted by atomic mass is 35.5. The summed E-state index contributed by atoms with van der Waals surface area (Å²) in [6, 6.07) is 9.89. The van der Waals surface area contributed by atoms with Gasteiger partial charge in [-0.2, -0.15) is 0 Å². The Morgan fingerprint density at radius 3 is 2.81 bits per heavy atom. The van der Waals surface area contributed by atoms with Crippen molar-refractivity contribution < 1.29 is 4.79 Å². The van der Waals surface area contributed by atoms with E-state index in [0.717, 1.165) is 35.6 Å². The maximum atomic E-state index is 12.3. The summed E-state index contributed by atoms with van der Waals surface area (Å²) < 4.78 is 3.88. The Bertz CT molecular complexity index is 573. The third-order valence-electron chi connectivity index (χ3n) is 3.10. The molecule has 1 aromatic carbocycles. The summed E-state index contributed by atoms with van der Waals surface area (Å²) in [7, 11) is 0. The van der Waals surface area contributed by atoms with E-state index in [1.165, 1.54) is 0 Å². The Balaban J connectivity index is 2.01. The number of amides is 1. The number of carbonyl (C=O) groups is 1. The normalized spacial score (nSPS) is 12.1. The van der Waals surface area contributed by atoms with E-state index in [1.54, 1.807) is 0 Å². The summed E-state index contributed by atoms with van der Waals surface area (Å²) in [5.74, 6) is 0.241. The number of halogens is 1. The lowest BCUT2D eigenvalue weighted by molar-refractivity contribution is 0.0943. The van der Waals surface area contributed by atoms with E-state index in [4.69, 9.17) is 11.6 Å². The fourth-order valence-electron chi connectivity index (χ4n) is 2.08. The van der Waals surface area contributed by atoms with E-state index in [1.807, 2.05) is 30.3 Å². The molecule has 1 atom stereocenters. The molecule has 1 amide bonds. The summed E-state index contributed by atoms with van der Waals surface area (Å²) in [5, 5.41) is 6.99. The van der Waals surface area contributed by atoms with Gasteiger partial charge in [0.15, 0.2) is 0 Å². The largest absolute Gasteiger partial charge is 0.347 e. The van der Waals surface area contributed by atoms with Crippen LogP contribution in [-0.2, 0) is 12.8 Å². The van der Waals surface area contributed by atoms with Crippen LogP contribution in [0.2, 0.25) is 0 Å². The standard InChI is InChI=1S/C15H18ClN3OS/c1-2-6-13-14(21-19-18-13)15(20)17-12(10-16)9-11-7-4-3-5-8-11/h3-5,7-8,12H,2,6,9-10H2,1H3,(H,17,20). The Labute approximate surface area is 133 Å². The van der Waals surface area contributed by atoms with Gasteiger partial charge in [0.1, 0.15) is 4.88 Å². The minimum absolute atomic E-state index is 0.0989. The molecule has 0 bridgehead atoms. The Kier molecular flexibility index (Phi) is 6.14. The van der Waals surface area contributed by atoms with Crippen LogP contribution in [0.4, 0.5) is 0 Å². The minimum atomic E-state index is -0.130. The van der Waals surface area contributed by atoms with Crippen LogP contribution < -0.4 is 5.32 Å². The molecule has 0 fully saturated rings. The third-order valence-corrected chi connectivity index (χ3v) is 4.23. The van der Waals surface area contributed by atoms with Crippen LogP contribution in [0.3, 0.4) is 0 Å². The zero-order chi connectivity index (χ0) is 15.1. The van der Waals surface area contributed by atoms with Crippen LogP contribution in [0.1, 0.15) is 34.3 Å². The molecule has 0 saturated heterocycles. The molecule has 1 aromatic heterocycles. The van der Waals surface area contributed by atoms with E-state index < -0.39 is 0 Å². The first-order valence-corrected chi connectivity index (χ1v) is 8.27. The molecule has 1 unspecified atom stereocenters. The first-order valence-electron chi connectivity index (χ1n) is 6.96. The van der Waals surface area contributed by atoms with Crippen LogP contribution in [0.25, 0.3) is 0 Å². The molecule has 1 N–H and O–H groups in total. The van der Waals surface area contributed by atoms with Crippen LogP contribution in [0.15, 0.2) is 30.3 Å². The van der Waals surface area contributed by atoms with Gasteiger partial charge in [-0.05, 0) is 29.9 Å². The summed E-state index contributed by atoms with van der Waals surface area (Å²) in [6.45, 7) is 2.05. The van der Waals surface area contributed by atoms with E-state index in [-0.39, 0.29) is 11.9 Å². The quantitative estimate of drug-likeness (QED) is 0.797. The third kappa shape index (κ3) is 4.51. The van der Waals surface area contributed by atoms with E-state index in [9.17, 15) is 4.79 Å². The van der Waals surface area contributed by atoms with E-state index >= 15 is 0 Å². The summed E-state index contributed by atoms with van der Waals surface area (Å²) in [4.78, 5) is 12.9. The number of rotatable bonds is 7. The SMILES string of the molecule is CCCc1nnsc1C(=O)NC(CCl)Cc1ccccc1. The van der Waals surface area contributed by atoms with E-state index in [0.29, 0.717) is 17.2 Å². The van der Waals surface area contributed by atoms with Gasteiger partial charge in [-0.15, -0.1) is 16.7 Å². The first-order chi connectivity index (χ1) is 10.2. The highest BCUT2D eigenvalue weighted by Gasteiger charge is 2.19. The van der Waals surface area contributed by atoms with Crippen molar-refractivity contribution in [3.63, 3.8) is 0 Å². The maximum Gasteiger partial charge on any atom is 0.265 e. The monoisotopic (exact) mass is 323 g/mol. The van der Waals surface area contributed by atoms with Crippen LogP contribution in [-0.4, -0.2) is 27.4 Å². The second-order valence-electron chi connectivity index (χ2n) is 4.81. The van der Waals surface area contributed by atoms with Crippen LogP contribution in [0.5, 0.6) is 0 Å². The van der Waals surface area contributed by atoms with Gasteiger partial charge in [-0.25, -0.2) is 0 Å². The number of nitrogens with zero attached hydrogens (tertiary/aromatic N) is 2. The van der Waals surface area contributed by atoms with E-state index in [2.05, 4.69) is 21.8 Å². The highest BCUT2D eigenvalue weighted by molar-refractivity contribution is 7.08. The molecule has 0 saturated carbocycles. The van der Waals surface area contributed by atoms with Gasteiger partial charge in [0.2, 0.25) is 0 Å². The molecule has 0 aliphatic heterocycles. The van der Waals surface area contributed by atoms with Crippen LogP contribution >= 0.6 is 23.1 Å². The molecule has 1 heterocycles. The number of hydrogen-bond acceptors (Lipinski definition) is 4. The maximum absolute atomic E-state index is 12.3. The van der Waals surface area contributed by atoms with Gasteiger partial charge in [0.05, 0.1) is 5.69 Å². The highest BCUT2D eigenvalue weighted by Crippen LogP contribution is 2.13. The molecule has 2 rings (SSSR count). The average molecular weight is 324 g/mol. The van der Waals surface area contributed by atoms with Crippen molar-refractivity contribution in [2.45, 2.75) is 32.2 Å². The average Bonchev–Trinajstić information content (AvgIpc) is 2.96. The van der Waals surface area contributed by atoms with Crippen molar-refractivity contribution >= 4 is 29.0 Å². The molecular weight excluding hydrogens is 306 g/mol. The van der Waals surface area contributed by atoms with Gasteiger partial charge in [0.25, 0.3) is 5.91 Å². The predicted octanol–water partition coefficient (Wildman–Crippen LogP) is 3.07. The van der Waals surface area contributed by atoms with Crippen molar-refractivity contribution in [1.82, 2.24) is 14.9 Å². The zero-order valence-electron chi connectivity index (χ0n) is 11.9. The number of alkyl halides is 1. The second-order valence-corrected chi connectivity index (χ2v) is 5.88. The van der Waals surface area contributed by atoms with Gasteiger partial charge in [-0.3, -0.25) is 4.79 Å². The molecular formula is C15H18ClN3OS. The summed E-state index contributed by atoms with van der Waals surface area (Å²) in [5.41, 5.74) is 1.92. The number of carbonyl (C=O) groups excluding carboxylic acids is 1. The number of aryl methyl sites for hydroxylation is 1. The number of aromatic nitrogens is 2. The fourth-order valence-corrected chi connectivity index (χ4v) is 2.87. The second kappa shape index (κ2) is 8.10. The Hall–Kier alpha value is -1.46. The smallest absolute Gasteiger partial charge is 0.265 e. The molecule has 0 radical (unpaired) electrons. The lowest BCUT2D eigenvalue weighted by Crippen LogP contribution is -2.37. The van der Waals surface area contributed by atoms with Gasteiger partial charge in [-0.1, -0.05) is 48.2 Å². The van der Waals surface area contributed by atoms with Crippen LogP contribution in [0, 0.1) is 0 Å². The topological polar surface area (TPSA) is 54.9 Å². The summed E-state index contributed by atoms with van der Waals surface area (Å²) >= 11 is 7.12. The molecule has 4 nitrogen and oxygen atoms in total. The number of nitrogens with one attached hydrogen (secondary N) is 1. The molecule has 0 spiro atoms.